The maximum Gasteiger partial charge on any atom is 0.267 e. The van der Waals surface area contributed by atoms with Gasteiger partial charge in [0.2, 0.25) is 0 Å². The van der Waals surface area contributed by atoms with E-state index in [2.05, 4.69) is 0 Å². The summed E-state index contributed by atoms with van der Waals surface area (Å²) in [5.41, 5.74) is 7.26. The Morgan fingerprint density at radius 3 is 2.94 bits per heavy atom. The molecule has 1 amide bonds. The van der Waals surface area contributed by atoms with E-state index in [1.54, 1.807) is 13.0 Å². The van der Waals surface area contributed by atoms with Crippen LogP contribution in [0.3, 0.4) is 0 Å². The van der Waals surface area contributed by atoms with Crippen molar-refractivity contribution < 1.29 is 9.53 Å². The number of carbonyl (C=O) groups is 1. The molecule has 0 bridgehead atoms. The van der Waals surface area contributed by atoms with Crippen LogP contribution in [0.2, 0.25) is 0 Å². The Morgan fingerprint density at radius 1 is 1.47 bits per heavy atom. The average molecular weight is 232 g/mol. The summed E-state index contributed by atoms with van der Waals surface area (Å²) in [4.78, 5) is 14.0. The molecule has 1 atom stereocenters. The Kier molecular flexibility index (Phi) is 2.24. The second kappa shape index (κ2) is 3.65. The van der Waals surface area contributed by atoms with Gasteiger partial charge in [0.05, 0.1) is 5.69 Å². The van der Waals surface area contributed by atoms with E-state index in [1.807, 2.05) is 17.0 Å². The molecule has 0 saturated heterocycles. The van der Waals surface area contributed by atoms with E-state index in [9.17, 15) is 4.79 Å². The molecule has 17 heavy (non-hydrogen) atoms. The van der Waals surface area contributed by atoms with Crippen molar-refractivity contribution in [2.75, 3.05) is 17.2 Å². The third-order valence-electron chi connectivity index (χ3n) is 3.33. The molecule has 90 valence electrons. The highest BCUT2D eigenvalue weighted by molar-refractivity contribution is 6.00. The molecule has 1 unspecified atom stereocenters. The fourth-order valence-electron chi connectivity index (χ4n) is 2.17. The lowest BCUT2D eigenvalue weighted by Gasteiger charge is -2.33. The van der Waals surface area contributed by atoms with Crippen LogP contribution in [0.4, 0.5) is 11.4 Å². The van der Waals surface area contributed by atoms with Gasteiger partial charge in [0.1, 0.15) is 5.75 Å². The van der Waals surface area contributed by atoms with Crippen molar-refractivity contribution in [1.29, 1.82) is 0 Å². The van der Waals surface area contributed by atoms with Crippen molar-refractivity contribution >= 4 is 17.3 Å². The SMILES string of the molecule is CC1Oc2cc(N)ccc2N(CC2CC2)C1=O. The molecule has 4 heteroatoms. The highest BCUT2D eigenvalue weighted by Gasteiger charge is 2.35. The number of ether oxygens (including phenoxy) is 1. The maximum atomic E-state index is 12.1. The minimum Gasteiger partial charge on any atom is -0.479 e. The van der Waals surface area contributed by atoms with Gasteiger partial charge in [-0.25, -0.2) is 0 Å². The number of carbonyl (C=O) groups excluding carboxylic acids is 1. The highest BCUT2D eigenvalue weighted by atomic mass is 16.5. The van der Waals surface area contributed by atoms with E-state index in [0.29, 0.717) is 11.6 Å². The number of nitrogens with two attached hydrogens (primary N) is 1. The summed E-state index contributed by atoms with van der Waals surface area (Å²) in [6.07, 6.45) is 2.04. The number of amides is 1. The van der Waals surface area contributed by atoms with Crippen LogP contribution in [0, 0.1) is 5.92 Å². The minimum absolute atomic E-state index is 0.0502. The van der Waals surface area contributed by atoms with Gasteiger partial charge in [-0.05, 0) is 37.8 Å². The van der Waals surface area contributed by atoms with Gasteiger partial charge in [0.15, 0.2) is 6.10 Å². The summed E-state index contributed by atoms with van der Waals surface area (Å²) in [7, 11) is 0. The summed E-state index contributed by atoms with van der Waals surface area (Å²) < 4.78 is 5.59. The van der Waals surface area contributed by atoms with E-state index >= 15 is 0 Å². The zero-order chi connectivity index (χ0) is 12.0. The summed E-state index contributed by atoms with van der Waals surface area (Å²) in [6, 6.07) is 5.47. The summed E-state index contributed by atoms with van der Waals surface area (Å²) >= 11 is 0. The first-order chi connectivity index (χ1) is 8.15. The Hall–Kier alpha value is -1.71. The zero-order valence-electron chi connectivity index (χ0n) is 9.85. The molecule has 1 fully saturated rings. The number of anilines is 2. The van der Waals surface area contributed by atoms with E-state index in [0.717, 1.165) is 18.0 Å². The van der Waals surface area contributed by atoms with Gasteiger partial charge in [-0.3, -0.25) is 4.79 Å². The number of fused-ring (bicyclic) bond motifs is 1. The molecule has 1 saturated carbocycles. The lowest BCUT2D eigenvalue weighted by atomic mass is 10.1. The number of nitrogens with zero attached hydrogens (tertiary/aromatic N) is 1. The van der Waals surface area contributed by atoms with E-state index in [1.165, 1.54) is 12.8 Å². The molecular weight excluding hydrogens is 216 g/mol. The second-order valence-electron chi connectivity index (χ2n) is 4.88. The lowest BCUT2D eigenvalue weighted by molar-refractivity contribution is -0.125. The molecule has 2 aliphatic rings. The largest absolute Gasteiger partial charge is 0.479 e. The smallest absolute Gasteiger partial charge is 0.267 e. The quantitative estimate of drug-likeness (QED) is 0.791. The molecule has 1 aliphatic heterocycles. The topological polar surface area (TPSA) is 55.6 Å². The van der Waals surface area contributed by atoms with Gasteiger partial charge in [0, 0.05) is 18.3 Å². The lowest BCUT2D eigenvalue weighted by Crippen LogP contribution is -2.45. The summed E-state index contributed by atoms with van der Waals surface area (Å²) in [5.74, 6) is 1.43. The molecule has 4 nitrogen and oxygen atoms in total. The zero-order valence-corrected chi connectivity index (χ0v) is 9.85. The molecule has 1 aromatic rings. The monoisotopic (exact) mass is 232 g/mol. The van der Waals surface area contributed by atoms with Gasteiger partial charge in [0.25, 0.3) is 5.91 Å². The van der Waals surface area contributed by atoms with Gasteiger partial charge in [-0.1, -0.05) is 0 Å². The summed E-state index contributed by atoms with van der Waals surface area (Å²) in [5, 5.41) is 0. The number of benzene rings is 1. The van der Waals surface area contributed by atoms with Crippen molar-refractivity contribution in [3.63, 3.8) is 0 Å². The molecule has 3 rings (SSSR count). The molecule has 0 aromatic heterocycles. The van der Waals surface area contributed by atoms with Crippen molar-refractivity contribution in [2.24, 2.45) is 5.92 Å². The first-order valence-electron chi connectivity index (χ1n) is 6.02. The minimum atomic E-state index is -0.414. The average Bonchev–Trinajstić information content (AvgIpc) is 3.08. The molecular formula is C13H16N2O2. The molecule has 1 aliphatic carbocycles. The first-order valence-corrected chi connectivity index (χ1v) is 6.02. The molecule has 0 radical (unpaired) electrons. The Morgan fingerprint density at radius 2 is 2.24 bits per heavy atom. The molecule has 0 spiro atoms. The van der Waals surface area contributed by atoms with Crippen LogP contribution in [-0.4, -0.2) is 18.6 Å². The maximum absolute atomic E-state index is 12.1. The van der Waals surface area contributed by atoms with Crippen molar-refractivity contribution in [2.45, 2.75) is 25.9 Å². The third kappa shape index (κ3) is 1.84. The van der Waals surface area contributed by atoms with Crippen molar-refractivity contribution in [3.8, 4) is 5.75 Å². The standard InChI is InChI=1S/C13H16N2O2/c1-8-13(16)15(7-9-2-3-9)11-5-4-10(14)6-12(11)17-8/h4-6,8-9H,2-3,7,14H2,1H3. The van der Waals surface area contributed by atoms with Crippen LogP contribution in [-0.2, 0) is 4.79 Å². The van der Waals surface area contributed by atoms with Crippen molar-refractivity contribution in [1.82, 2.24) is 0 Å². The Bertz CT molecular complexity index is 468. The molecule has 1 aromatic carbocycles. The second-order valence-corrected chi connectivity index (χ2v) is 4.88. The fraction of sp³-hybridized carbons (Fsp3) is 0.462. The fourth-order valence-corrected chi connectivity index (χ4v) is 2.17. The van der Waals surface area contributed by atoms with Gasteiger partial charge < -0.3 is 15.4 Å². The van der Waals surface area contributed by atoms with E-state index in [-0.39, 0.29) is 5.91 Å². The predicted octanol–water partition coefficient (Wildman–Crippen LogP) is 1.79. The Labute approximate surface area is 100 Å². The van der Waals surface area contributed by atoms with Crippen LogP contribution < -0.4 is 15.4 Å². The number of hydrogen-bond acceptors (Lipinski definition) is 3. The van der Waals surface area contributed by atoms with E-state index < -0.39 is 6.10 Å². The number of rotatable bonds is 2. The highest BCUT2D eigenvalue weighted by Crippen LogP contribution is 2.39. The van der Waals surface area contributed by atoms with E-state index in [4.69, 9.17) is 10.5 Å². The molecule has 1 heterocycles. The molecule has 2 N–H and O–H groups in total. The third-order valence-corrected chi connectivity index (χ3v) is 3.33. The van der Waals surface area contributed by atoms with Crippen LogP contribution >= 0.6 is 0 Å². The number of hydrogen-bond donors (Lipinski definition) is 1. The number of nitrogen functional groups attached to an aromatic ring is 1. The van der Waals surface area contributed by atoms with Crippen LogP contribution in [0.5, 0.6) is 5.75 Å². The normalized spacial score (nSPS) is 23.2. The predicted molar refractivity (Wildman–Crippen MR) is 66.0 cm³/mol. The van der Waals surface area contributed by atoms with Gasteiger partial charge in [-0.15, -0.1) is 0 Å². The van der Waals surface area contributed by atoms with Crippen LogP contribution in [0.1, 0.15) is 19.8 Å². The Balaban J connectivity index is 1.98. The first kappa shape index (κ1) is 10.4. The van der Waals surface area contributed by atoms with Gasteiger partial charge in [-0.2, -0.15) is 0 Å². The van der Waals surface area contributed by atoms with Crippen LogP contribution in [0.25, 0.3) is 0 Å². The van der Waals surface area contributed by atoms with Gasteiger partial charge >= 0.3 is 0 Å². The van der Waals surface area contributed by atoms with Crippen molar-refractivity contribution in [3.05, 3.63) is 18.2 Å². The van der Waals surface area contributed by atoms with Crippen LogP contribution in [0.15, 0.2) is 18.2 Å². The summed E-state index contributed by atoms with van der Waals surface area (Å²) in [6.45, 7) is 2.60.